The van der Waals surface area contributed by atoms with Crippen molar-refractivity contribution in [3.63, 3.8) is 0 Å². The van der Waals surface area contributed by atoms with Crippen LogP contribution in [0.25, 0.3) is 0 Å². The maximum absolute atomic E-state index is 13.3. The van der Waals surface area contributed by atoms with Crippen LogP contribution in [0.4, 0.5) is 0 Å². The number of hydroxylamine groups is 2. The summed E-state index contributed by atoms with van der Waals surface area (Å²) in [5.74, 6) is 2.41. The fourth-order valence-corrected chi connectivity index (χ4v) is 6.89. The van der Waals surface area contributed by atoms with Crippen LogP contribution in [0.3, 0.4) is 0 Å². The molecule has 0 bridgehead atoms. The minimum atomic E-state index is -3.45. The van der Waals surface area contributed by atoms with E-state index in [1.807, 2.05) is 54.6 Å². The lowest BCUT2D eigenvalue weighted by molar-refractivity contribution is -0.110. The third-order valence-electron chi connectivity index (χ3n) is 5.35. The highest BCUT2D eigenvalue weighted by molar-refractivity contribution is 7.99. The van der Waals surface area contributed by atoms with Gasteiger partial charge in [-0.15, -0.1) is 0 Å². The van der Waals surface area contributed by atoms with Crippen LogP contribution in [-0.4, -0.2) is 61.3 Å². The Hall–Kier alpha value is -1.58. The van der Waals surface area contributed by atoms with Crippen molar-refractivity contribution in [2.75, 3.05) is 38.2 Å². The van der Waals surface area contributed by atoms with E-state index in [1.165, 1.54) is 0 Å². The van der Waals surface area contributed by atoms with E-state index in [2.05, 4.69) is 0 Å². The molecule has 2 heterocycles. The summed E-state index contributed by atoms with van der Waals surface area (Å²) in [5.41, 5.74) is 1.97. The van der Waals surface area contributed by atoms with Gasteiger partial charge in [-0.1, -0.05) is 42.5 Å². The Labute approximate surface area is 176 Å². The van der Waals surface area contributed by atoms with E-state index in [-0.39, 0.29) is 12.6 Å². The highest BCUT2D eigenvalue weighted by Gasteiger charge is 2.46. The summed E-state index contributed by atoms with van der Waals surface area (Å²) in [6.45, 7) is 1.77. The van der Waals surface area contributed by atoms with E-state index in [9.17, 15) is 8.42 Å². The van der Waals surface area contributed by atoms with Crippen molar-refractivity contribution in [2.45, 2.75) is 17.9 Å². The number of sulfonamides is 1. The van der Waals surface area contributed by atoms with Gasteiger partial charge >= 0.3 is 0 Å². The average Bonchev–Trinajstić information content (AvgIpc) is 3.16. The third-order valence-corrected chi connectivity index (χ3v) is 8.53. The number of rotatable bonds is 6. The Kier molecular flexibility index (Phi) is 6.46. The van der Waals surface area contributed by atoms with E-state index in [0.717, 1.165) is 28.4 Å². The first-order valence-electron chi connectivity index (χ1n) is 9.75. The summed E-state index contributed by atoms with van der Waals surface area (Å²) >= 11 is 1.80. The zero-order valence-corrected chi connectivity index (χ0v) is 18.1. The molecule has 2 aromatic carbocycles. The summed E-state index contributed by atoms with van der Waals surface area (Å²) in [6, 6.07) is 17.3. The predicted octanol–water partition coefficient (Wildman–Crippen LogP) is 2.93. The van der Waals surface area contributed by atoms with Crippen LogP contribution in [0.15, 0.2) is 54.6 Å². The van der Waals surface area contributed by atoms with Gasteiger partial charge in [0.1, 0.15) is 17.6 Å². The number of hydrogen-bond acceptors (Lipinski definition) is 6. The average molecular weight is 435 g/mol. The Morgan fingerprint density at radius 2 is 1.86 bits per heavy atom. The van der Waals surface area contributed by atoms with Gasteiger partial charge < -0.3 is 4.74 Å². The van der Waals surface area contributed by atoms with E-state index in [4.69, 9.17) is 9.57 Å². The maximum atomic E-state index is 13.3. The molecule has 2 saturated heterocycles. The van der Waals surface area contributed by atoms with Gasteiger partial charge in [-0.05, 0) is 23.3 Å². The van der Waals surface area contributed by atoms with Crippen molar-refractivity contribution in [1.82, 2.24) is 9.37 Å². The second kappa shape index (κ2) is 9.06. The molecule has 0 radical (unpaired) electrons. The van der Waals surface area contributed by atoms with Gasteiger partial charge in [0.15, 0.2) is 0 Å². The zero-order chi connectivity index (χ0) is 20.3. The van der Waals surface area contributed by atoms with Gasteiger partial charge in [-0.3, -0.25) is 4.84 Å². The molecule has 4 rings (SSSR count). The van der Waals surface area contributed by atoms with Crippen molar-refractivity contribution < 1.29 is 18.0 Å². The van der Waals surface area contributed by atoms with Crippen molar-refractivity contribution in [1.29, 1.82) is 0 Å². The number of benzene rings is 2. The Morgan fingerprint density at radius 1 is 1.10 bits per heavy atom. The molecule has 8 heteroatoms. The molecule has 6 nitrogen and oxygen atoms in total. The topological polar surface area (TPSA) is 59.1 Å². The maximum Gasteiger partial charge on any atom is 0.221 e. The van der Waals surface area contributed by atoms with Gasteiger partial charge in [-0.2, -0.15) is 21.1 Å². The van der Waals surface area contributed by atoms with Crippen LogP contribution in [0.1, 0.15) is 17.2 Å². The molecule has 0 aromatic heterocycles. The van der Waals surface area contributed by atoms with Crippen LogP contribution >= 0.6 is 11.8 Å². The fourth-order valence-electron chi connectivity index (χ4n) is 3.79. The summed E-state index contributed by atoms with van der Waals surface area (Å²) < 4.78 is 34.2. The van der Waals surface area contributed by atoms with Crippen LogP contribution < -0.4 is 4.74 Å². The second-order valence-corrected chi connectivity index (χ2v) is 10.6. The molecule has 0 unspecified atom stereocenters. The van der Waals surface area contributed by atoms with Crippen LogP contribution in [0, 0.1) is 0 Å². The molecule has 2 aliphatic heterocycles. The molecule has 0 N–H and O–H groups in total. The molecule has 2 atom stereocenters. The van der Waals surface area contributed by atoms with Crippen LogP contribution in [0.5, 0.6) is 5.75 Å². The second-order valence-electron chi connectivity index (χ2n) is 7.23. The number of ether oxygens (including phenoxy) is 1. The van der Waals surface area contributed by atoms with Crippen molar-refractivity contribution in [2.24, 2.45) is 0 Å². The molecule has 0 amide bonds. The first-order valence-corrected chi connectivity index (χ1v) is 12.4. The minimum absolute atomic E-state index is 0.169. The van der Waals surface area contributed by atoms with Crippen LogP contribution in [0.2, 0.25) is 0 Å². The summed E-state index contributed by atoms with van der Waals surface area (Å²) in [4.78, 5) is 5.66. The van der Waals surface area contributed by atoms with Gasteiger partial charge in [0.25, 0.3) is 0 Å². The largest absolute Gasteiger partial charge is 0.489 e. The number of thioether (sulfide) groups is 1. The lowest BCUT2D eigenvalue weighted by Gasteiger charge is -2.31. The molecular weight excluding hydrogens is 408 g/mol. The molecule has 156 valence electrons. The fraction of sp³-hybridized carbons (Fsp3) is 0.429. The Balaban J connectivity index is 1.54. The molecule has 2 aliphatic rings. The van der Waals surface area contributed by atoms with Gasteiger partial charge in [0.2, 0.25) is 10.0 Å². The normalized spacial score (nSPS) is 23.9. The van der Waals surface area contributed by atoms with Crippen molar-refractivity contribution in [3.8, 4) is 5.75 Å². The van der Waals surface area contributed by atoms with E-state index >= 15 is 0 Å². The highest BCUT2D eigenvalue weighted by atomic mass is 32.2. The third kappa shape index (κ3) is 4.62. The summed E-state index contributed by atoms with van der Waals surface area (Å²) in [7, 11) is -1.65. The van der Waals surface area contributed by atoms with Gasteiger partial charge in [-0.25, -0.2) is 8.42 Å². The van der Waals surface area contributed by atoms with Crippen LogP contribution in [-0.2, 0) is 21.5 Å². The smallest absolute Gasteiger partial charge is 0.221 e. The molecule has 0 saturated carbocycles. The SMILES string of the molecule is CN1OC[C@H](S(=O)(=O)N2CCSCC2)[C@@H]1c1cccc(OCc2ccccc2)c1. The van der Waals surface area contributed by atoms with Gasteiger partial charge in [0, 0.05) is 31.6 Å². The molecule has 0 aliphatic carbocycles. The van der Waals surface area contributed by atoms with E-state index in [1.54, 1.807) is 28.2 Å². The van der Waals surface area contributed by atoms with Crippen molar-refractivity contribution in [3.05, 3.63) is 65.7 Å². The predicted molar refractivity (Wildman–Crippen MR) is 115 cm³/mol. The molecule has 0 spiro atoms. The Morgan fingerprint density at radius 3 is 2.62 bits per heavy atom. The van der Waals surface area contributed by atoms with E-state index < -0.39 is 15.3 Å². The summed E-state index contributed by atoms with van der Waals surface area (Å²) in [5, 5.41) is 1.04. The molecule has 29 heavy (non-hydrogen) atoms. The van der Waals surface area contributed by atoms with E-state index in [0.29, 0.717) is 19.7 Å². The lowest BCUT2D eigenvalue weighted by Crippen LogP contribution is -2.45. The quantitative estimate of drug-likeness (QED) is 0.697. The highest BCUT2D eigenvalue weighted by Crippen LogP contribution is 2.36. The number of hydrogen-bond donors (Lipinski definition) is 0. The van der Waals surface area contributed by atoms with Crippen molar-refractivity contribution >= 4 is 21.8 Å². The number of nitrogens with zero attached hydrogens (tertiary/aromatic N) is 2. The monoisotopic (exact) mass is 434 g/mol. The Bertz CT molecular complexity index is 917. The zero-order valence-electron chi connectivity index (χ0n) is 16.4. The first-order chi connectivity index (χ1) is 14.1. The minimum Gasteiger partial charge on any atom is -0.489 e. The molecular formula is C21H26N2O4S2. The standard InChI is InChI=1S/C21H26N2O4S2/c1-22-21(20(16-27-22)29(24,25)23-10-12-28-13-11-23)18-8-5-9-19(14-18)26-15-17-6-3-2-4-7-17/h2-9,14,20-21H,10-13,15-16H2,1H3/t20-,21-/m0/s1. The summed E-state index contributed by atoms with van der Waals surface area (Å²) in [6.07, 6.45) is 0. The first kappa shape index (κ1) is 20.7. The molecule has 2 aromatic rings. The lowest BCUT2D eigenvalue weighted by atomic mass is 10.0. The van der Waals surface area contributed by atoms with Gasteiger partial charge in [0.05, 0.1) is 12.6 Å². The molecule has 2 fully saturated rings.